The van der Waals surface area contributed by atoms with Crippen LogP contribution in [0, 0.1) is 5.92 Å². The quantitative estimate of drug-likeness (QED) is 0.744. The molecule has 6 nitrogen and oxygen atoms in total. The first-order valence-corrected chi connectivity index (χ1v) is 10.2. The lowest BCUT2D eigenvalue weighted by Gasteiger charge is -2.38. The summed E-state index contributed by atoms with van der Waals surface area (Å²) in [5.41, 5.74) is 0.477. The molecule has 2 aliphatic rings. The minimum Gasteiger partial charge on any atom is -0.444 e. The molecule has 0 aromatic heterocycles. The largest absolute Gasteiger partial charge is 0.444 e. The van der Waals surface area contributed by atoms with Crippen LogP contribution in [0.1, 0.15) is 45.3 Å². The molecule has 0 saturated carbocycles. The molecule has 154 valence electrons. The third-order valence-corrected chi connectivity index (χ3v) is 5.29. The van der Waals surface area contributed by atoms with Crippen molar-refractivity contribution in [2.24, 2.45) is 5.92 Å². The molecule has 1 aromatic rings. The summed E-state index contributed by atoms with van der Waals surface area (Å²) in [7, 11) is 0. The van der Waals surface area contributed by atoms with Crippen LogP contribution in [0.4, 0.5) is 4.79 Å². The maximum atomic E-state index is 13.1. The number of rotatable bonds is 2. The number of ether oxygens (including phenoxy) is 2. The van der Waals surface area contributed by atoms with Crippen molar-refractivity contribution in [2.75, 3.05) is 32.8 Å². The van der Waals surface area contributed by atoms with E-state index in [1.165, 1.54) is 0 Å². The molecule has 3 rings (SSSR count). The van der Waals surface area contributed by atoms with Crippen LogP contribution in [0.3, 0.4) is 0 Å². The SMILES string of the molecule is CC(C)(C)OC(=O)N1CCCC(C(=O)N2CCOC(c3ccc(Cl)cc3)C2)C1. The highest BCUT2D eigenvalue weighted by Crippen LogP contribution is 2.27. The zero-order valence-corrected chi connectivity index (χ0v) is 17.6. The topological polar surface area (TPSA) is 59.1 Å². The third-order valence-electron chi connectivity index (χ3n) is 5.04. The van der Waals surface area contributed by atoms with Crippen LogP contribution < -0.4 is 0 Å². The fourth-order valence-corrected chi connectivity index (χ4v) is 3.78. The number of hydrogen-bond acceptors (Lipinski definition) is 4. The van der Waals surface area contributed by atoms with Crippen molar-refractivity contribution in [1.29, 1.82) is 0 Å². The Balaban J connectivity index is 1.61. The van der Waals surface area contributed by atoms with E-state index in [-0.39, 0.29) is 24.0 Å². The zero-order chi connectivity index (χ0) is 20.3. The highest BCUT2D eigenvalue weighted by atomic mass is 35.5. The molecule has 0 spiro atoms. The van der Waals surface area contributed by atoms with Crippen molar-refractivity contribution >= 4 is 23.6 Å². The van der Waals surface area contributed by atoms with E-state index in [0.29, 0.717) is 37.8 Å². The fraction of sp³-hybridized carbons (Fsp3) is 0.619. The number of likely N-dealkylation sites (tertiary alicyclic amines) is 1. The van der Waals surface area contributed by atoms with E-state index in [1.54, 1.807) is 4.90 Å². The van der Waals surface area contributed by atoms with Crippen LogP contribution in [0.25, 0.3) is 0 Å². The smallest absolute Gasteiger partial charge is 0.410 e. The Kier molecular flexibility index (Phi) is 6.50. The van der Waals surface area contributed by atoms with Gasteiger partial charge >= 0.3 is 6.09 Å². The van der Waals surface area contributed by atoms with Crippen LogP contribution in [0.5, 0.6) is 0 Å². The normalized spacial score (nSPS) is 23.4. The molecular weight excluding hydrogens is 380 g/mol. The molecule has 0 bridgehead atoms. The predicted molar refractivity (Wildman–Crippen MR) is 107 cm³/mol. The summed E-state index contributed by atoms with van der Waals surface area (Å²) in [5.74, 6) is -0.0965. The van der Waals surface area contributed by atoms with E-state index in [2.05, 4.69) is 0 Å². The predicted octanol–water partition coefficient (Wildman–Crippen LogP) is 3.89. The molecule has 0 N–H and O–H groups in total. The number of nitrogens with zero attached hydrogens (tertiary/aromatic N) is 2. The Morgan fingerprint density at radius 3 is 2.50 bits per heavy atom. The summed E-state index contributed by atoms with van der Waals surface area (Å²) in [5, 5.41) is 0.678. The fourth-order valence-electron chi connectivity index (χ4n) is 3.66. The van der Waals surface area contributed by atoms with Gasteiger partial charge in [-0.05, 0) is 51.3 Å². The Bertz CT molecular complexity index is 701. The van der Waals surface area contributed by atoms with Gasteiger partial charge in [-0.25, -0.2) is 4.79 Å². The summed E-state index contributed by atoms with van der Waals surface area (Å²) < 4.78 is 11.3. The van der Waals surface area contributed by atoms with E-state index in [1.807, 2.05) is 49.9 Å². The van der Waals surface area contributed by atoms with E-state index >= 15 is 0 Å². The Morgan fingerprint density at radius 2 is 1.82 bits per heavy atom. The lowest BCUT2D eigenvalue weighted by atomic mass is 9.96. The molecule has 2 heterocycles. The Morgan fingerprint density at radius 1 is 1.11 bits per heavy atom. The lowest BCUT2D eigenvalue weighted by molar-refractivity contribution is -0.145. The second-order valence-electron chi connectivity index (χ2n) is 8.46. The second kappa shape index (κ2) is 8.70. The summed E-state index contributed by atoms with van der Waals surface area (Å²) in [6.07, 6.45) is 1.10. The third kappa shape index (κ3) is 5.39. The standard InChI is InChI=1S/C21H29ClN2O4/c1-21(2,3)28-20(26)24-10-4-5-16(13-24)19(25)23-11-12-27-18(14-23)15-6-8-17(22)9-7-15/h6-9,16,18H,4-5,10-14H2,1-3H3. The average molecular weight is 409 g/mol. The highest BCUT2D eigenvalue weighted by molar-refractivity contribution is 6.30. The maximum absolute atomic E-state index is 13.1. The molecule has 28 heavy (non-hydrogen) atoms. The van der Waals surface area contributed by atoms with Gasteiger partial charge in [-0.1, -0.05) is 23.7 Å². The summed E-state index contributed by atoms with van der Waals surface area (Å²) in [6, 6.07) is 7.54. The second-order valence-corrected chi connectivity index (χ2v) is 8.90. The van der Waals surface area contributed by atoms with Gasteiger partial charge < -0.3 is 19.3 Å². The van der Waals surface area contributed by atoms with Crippen LogP contribution in [-0.4, -0.2) is 60.2 Å². The van der Waals surface area contributed by atoms with Crippen molar-refractivity contribution in [1.82, 2.24) is 9.80 Å². The van der Waals surface area contributed by atoms with E-state index in [4.69, 9.17) is 21.1 Å². The maximum Gasteiger partial charge on any atom is 0.410 e. The molecule has 7 heteroatoms. The van der Waals surface area contributed by atoms with Crippen molar-refractivity contribution < 1.29 is 19.1 Å². The number of amides is 2. The minimum absolute atomic E-state index is 0.0931. The van der Waals surface area contributed by atoms with E-state index < -0.39 is 5.60 Å². The molecule has 2 amide bonds. The highest BCUT2D eigenvalue weighted by Gasteiger charge is 2.35. The molecule has 0 radical (unpaired) electrons. The molecule has 1 aromatic carbocycles. The van der Waals surface area contributed by atoms with E-state index in [9.17, 15) is 9.59 Å². The summed E-state index contributed by atoms with van der Waals surface area (Å²) >= 11 is 5.96. The molecule has 2 unspecified atom stereocenters. The number of halogens is 1. The number of carbonyl (C=O) groups is 2. The van der Waals surface area contributed by atoms with Crippen molar-refractivity contribution in [3.63, 3.8) is 0 Å². The summed E-state index contributed by atoms with van der Waals surface area (Å²) in [4.78, 5) is 29.0. The van der Waals surface area contributed by atoms with E-state index in [0.717, 1.165) is 18.4 Å². The van der Waals surface area contributed by atoms with Gasteiger partial charge in [-0.2, -0.15) is 0 Å². The molecule has 2 fully saturated rings. The first kappa shape index (κ1) is 20.9. The van der Waals surface area contributed by atoms with Crippen molar-refractivity contribution in [2.45, 2.75) is 45.3 Å². The molecule has 2 atom stereocenters. The summed E-state index contributed by atoms with van der Waals surface area (Å²) in [6.45, 7) is 8.19. The number of morpholine rings is 1. The number of hydrogen-bond donors (Lipinski definition) is 0. The molecule has 0 aliphatic carbocycles. The van der Waals surface area contributed by atoms with Crippen LogP contribution in [-0.2, 0) is 14.3 Å². The van der Waals surface area contributed by atoms with Crippen molar-refractivity contribution in [3.8, 4) is 0 Å². The zero-order valence-electron chi connectivity index (χ0n) is 16.8. The lowest BCUT2D eigenvalue weighted by Crippen LogP contribution is -2.50. The number of benzene rings is 1. The number of carbonyl (C=O) groups excluding carboxylic acids is 2. The minimum atomic E-state index is -0.538. The Hall–Kier alpha value is -1.79. The van der Waals surface area contributed by atoms with Gasteiger partial charge in [0.15, 0.2) is 0 Å². The average Bonchev–Trinajstić information content (AvgIpc) is 2.67. The van der Waals surface area contributed by atoms with Gasteiger partial charge in [0, 0.05) is 24.7 Å². The molecule has 2 aliphatic heterocycles. The van der Waals surface area contributed by atoms with Crippen LogP contribution in [0.15, 0.2) is 24.3 Å². The van der Waals surface area contributed by atoms with Crippen molar-refractivity contribution in [3.05, 3.63) is 34.9 Å². The number of piperidine rings is 1. The first-order chi connectivity index (χ1) is 13.2. The molecular formula is C21H29ClN2O4. The monoisotopic (exact) mass is 408 g/mol. The first-order valence-electron chi connectivity index (χ1n) is 9.87. The molecule has 2 saturated heterocycles. The van der Waals surface area contributed by atoms with Gasteiger partial charge in [-0.15, -0.1) is 0 Å². The van der Waals surface area contributed by atoms with Gasteiger partial charge in [-0.3, -0.25) is 4.79 Å². The van der Waals surface area contributed by atoms with Crippen LogP contribution >= 0.6 is 11.6 Å². The van der Waals surface area contributed by atoms with Crippen LogP contribution in [0.2, 0.25) is 5.02 Å². The van der Waals surface area contributed by atoms with Gasteiger partial charge in [0.2, 0.25) is 5.91 Å². The van der Waals surface area contributed by atoms with Gasteiger partial charge in [0.25, 0.3) is 0 Å². The van der Waals surface area contributed by atoms with Gasteiger partial charge in [0.05, 0.1) is 19.1 Å². The van der Waals surface area contributed by atoms with Gasteiger partial charge in [0.1, 0.15) is 11.7 Å². The Labute approximate surface area is 171 Å².